The minimum atomic E-state index is -0.705. The van der Waals surface area contributed by atoms with E-state index in [1.165, 1.54) is 23.3 Å². The van der Waals surface area contributed by atoms with Gasteiger partial charge in [0.05, 0.1) is 19.3 Å². The van der Waals surface area contributed by atoms with Gasteiger partial charge in [-0.05, 0) is 12.5 Å². The molecule has 0 aliphatic carbocycles. The fourth-order valence-corrected chi connectivity index (χ4v) is 3.24. The number of hydrogen-bond donors (Lipinski definition) is 0. The van der Waals surface area contributed by atoms with Crippen molar-refractivity contribution in [1.29, 1.82) is 0 Å². The molecule has 0 aliphatic heterocycles. The van der Waals surface area contributed by atoms with E-state index in [0.29, 0.717) is 23.6 Å². The number of rotatable bonds is 7. The molecule has 0 N–H and O–H groups in total. The number of ether oxygens (including phenoxy) is 2. The quantitative estimate of drug-likeness (QED) is 0.433. The van der Waals surface area contributed by atoms with Gasteiger partial charge in [0.15, 0.2) is 12.2 Å². The third-order valence-corrected chi connectivity index (χ3v) is 4.69. The third kappa shape index (κ3) is 3.62. The average Bonchev–Trinajstić information content (AvgIpc) is 3.44. The number of nitrogens with zero attached hydrogens (tertiary/aromatic N) is 4. The van der Waals surface area contributed by atoms with E-state index in [0.717, 1.165) is 5.56 Å². The molecule has 0 saturated heterocycles. The SMILES string of the molecule is CCOC(=O)c1cn(CC(OC)c2ccccc2)c2cc(-c3cnco3)nn2c1=O. The summed E-state index contributed by atoms with van der Waals surface area (Å²) in [6, 6.07) is 11.4. The highest BCUT2D eigenvalue weighted by Crippen LogP contribution is 2.23. The molecule has 154 valence electrons. The lowest BCUT2D eigenvalue weighted by Gasteiger charge is -2.19. The van der Waals surface area contributed by atoms with Gasteiger partial charge in [0, 0.05) is 19.4 Å². The second-order valence-electron chi connectivity index (χ2n) is 6.52. The van der Waals surface area contributed by atoms with Crippen LogP contribution >= 0.6 is 0 Å². The lowest BCUT2D eigenvalue weighted by atomic mass is 10.1. The first-order valence-electron chi connectivity index (χ1n) is 9.39. The standard InChI is InChI=1S/C21H20N4O5/c1-3-29-21(27)15-11-24(12-18(28-2)14-7-5-4-6-8-14)19-9-16(17-10-22-13-30-17)23-25(19)20(15)26/h4-11,13,18H,3,12H2,1-2H3. The summed E-state index contributed by atoms with van der Waals surface area (Å²) in [6.45, 7) is 2.18. The van der Waals surface area contributed by atoms with E-state index in [2.05, 4.69) is 10.1 Å². The van der Waals surface area contributed by atoms with Gasteiger partial charge in [0.25, 0.3) is 5.56 Å². The van der Waals surface area contributed by atoms with Crippen LogP contribution in [0.25, 0.3) is 17.1 Å². The fourth-order valence-electron chi connectivity index (χ4n) is 3.24. The zero-order valence-electron chi connectivity index (χ0n) is 16.5. The van der Waals surface area contributed by atoms with Crippen molar-refractivity contribution in [3.63, 3.8) is 0 Å². The van der Waals surface area contributed by atoms with Gasteiger partial charge in [0.1, 0.15) is 23.0 Å². The van der Waals surface area contributed by atoms with Crippen molar-refractivity contribution in [3.8, 4) is 11.5 Å². The minimum Gasteiger partial charge on any atom is -0.462 e. The maximum Gasteiger partial charge on any atom is 0.345 e. The molecule has 0 amide bonds. The fraction of sp³-hybridized carbons (Fsp3) is 0.238. The van der Waals surface area contributed by atoms with Crippen LogP contribution in [0, 0.1) is 0 Å². The molecule has 1 atom stereocenters. The third-order valence-electron chi connectivity index (χ3n) is 4.69. The Morgan fingerprint density at radius 2 is 2.07 bits per heavy atom. The molecule has 1 unspecified atom stereocenters. The molecular formula is C21H20N4O5. The molecule has 3 aromatic heterocycles. The molecule has 4 aromatic rings. The second kappa shape index (κ2) is 8.34. The maximum atomic E-state index is 12.9. The molecule has 3 heterocycles. The van der Waals surface area contributed by atoms with Crippen LogP contribution in [0.3, 0.4) is 0 Å². The van der Waals surface area contributed by atoms with E-state index in [-0.39, 0.29) is 18.3 Å². The monoisotopic (exact) mass is 408 g/mol. The molecule has 4 rings (SSSR count). The first-order valence-corrected chi connectivity index (χ1v) is 9.39. The predicted octanol–water partition coefficient (Wildman–Crippen LogP) is 2.72. The lowest BCUT2D eigenvalue weighted by Crippen LogP contribution is -2.28. The van der Waals surface area contributed by atoms with E-state index in [1.807, 2.05) is 30.3 Å². The van der Waals surface area contributed by atoms with Gasteiger partial charge in [0.2, 0.25) is 0 Å². The van der Waals surface area contributed by atoms with Crippen LogP contribution in [0.1, 0.15) is 28.9 Å². The van der Waals surface area contributed by atoms with Crippen LogP contribution in [0.15, 0.2) is 64.4 Å². The highest BCUT2D eigenvalue weighted by Gasteiger charge is 2.21. The molecule has 0 radical (unpaired) electrons. The van der Waals surface area contributed by atoms with Gasteiger partial charge >= 0.3 is 5.97 Å². The topological polar surface area (TPSA) is 101 Å². The summed E-state index contributed by atoms with van der Waals surface area (Å²) < 4.78 is 18.9. The van der Waals surface area contributed by atoms with Gasteiger partial charge in [-0.3, -0.25) is 4.79 Å². The molecule has 30 heavy (non-hydrogen) atoms. The summed E-state index contributed by atoms with van der Waals surface area (Å²) in [6.07, 6.45) is 3.96. The average molecular weight is 408 g/mol. The molecule has 1 aromatic carbocycles. The van der Waals surface area contributed by atoms with E-state index in [9.17, 15) is 9.59 Å². The van der Waals surface area contributed by atoms with Gasteiger partial charge in [-0.1, -0.05) is 30.3 Å². The highest BCUT2D eigenvalue weighted by molar-refractivity contribution is 5.89. The summed E-state index contributed by atoms with van der Waals surface area (Å²) in [5, 5.41) is 4.33. The van der Waals surface area contributed by atoms with Crippen LogP contribution in [0.5, 0.6) is 0 Å². The molecule has 0 spiro atoms. The van der Waals surface area contributed by atoms with Crippen molar-refractivity contribution in [2.45, 2.75) is 19.6 Å². The zero-order chi connectivity index (χ0) is 21.1. The largest absolute Gasteiger partial charge is 0.462 e. The number of aromatic nitrogens is 4. The molecule has 9 nitrogen and oxygen atoms in total. The van der Waals surface area contributed by atoms with Crippen molar-refractivity contribution in [2.75, 3.05) is 13.7 Å². The van der Waals surface area contributed by atoms with E-state index in [4.69, 9.17) is 13.9 Å². The Morgan fingerprint density at radius 3 is 2.73 bits per heavy atom. The number of benzene rings is 1. The first-order chi connectivity index (χ1) is 14.6. The van der Waals surface area contributed by atoms with E-state index >= 15 is 0 Å². The van der Waals surface area contributed by atoms with Crippen molar-refractivity contribution in [1.82, 2.24) is 19.2 Å². The molecule has 0 fully saturated rings. The normalized spacial score (nSPS) is 12.2. The summed E-state index contributed by atoms with van der Waals surface area (Å²) in [4.78, 5) is 29.2. The van der Waals surface area contributed by atoms with Crippen LogP contribution in [-0.2, 0) is 16.0 Å². The maximum absolute atomic E-state index is 12.9. The Balaban J connectivity index is 1.86. The van der Waals surface area contributed by atoms with Crippen molar-refractivity contribution < 1.29 is 18.7 Å². The van der Waals surface area contributed by atoms with Gasteiger partial charge in [-0.25, -0.2) is 9.78 Å². The van der Waals surface area contributed by atoms with Crippen molar-refractivity contribution in [2.24, 2.45) is 0 Å². The van der Waals surface area contributed by atoms with Crippen LogP contribution in [-0.4, -0.2) is 38.9 Å². The highest BCUT2D eigenvalue weighted by atomic mass is 16.5. The lowest BCUT2D eigenvalue weighted by molar-refractivity contribution is 0.0521. The molecule has 0 bridgehead atoms. The van der Waals surface area contributed by atoms with Gasteiger partial charge < -0.3 is 18.5 Å². The van der Waals surface area contributed by atoms with Crippen LogP contribution < -0.4 is 5.56 Å². The number of oxazole rings is 1. The van der Waals surface area contributed by atoms with Crippen molar-refractivity contribution in [3.05, 3.63) is 76.7 Å². The van der Waals surface area contributed by atoms with E-state index < -0.39 is 11.5 Å². The number of carbonyl (C=O) groups excluding carboxylic acids is 1. The Bertz CT molecular complexity index is 1210. The summed E-state index contributed by atoms with van der Waals surface area (Å²) in [7, 11) is 1.61. The Kier molecular flexibility index (Phi) is 5.44. The smallest absolute Gasteiger partial charge is 0.345 e. The molecule has 0 saturated carbocycles. The van der Waals surface area contributed by atoms with Gasteiger partial charge in [-0.15, -0.1) is 0 Å². The summed E-state index contributed by atoms with van der Waals surface area (Å²) in [5.41, 5.74) is 1.19. The summed E-state index contributed by atoms with van der Waals surface area (Å²) >= 11 is 0. The Labute approximate surface area is 171 Å². The minimum absolute atomic E-state index is 0.112. The predicted molar refractivity (Wildman–Crippen MR) is 107 cm³/mol. The zero-order valence-corrected chi connectivity index (χ0v) is 16.5. The van der Waals surface area contributed by atoms with Crippen LogP contribution in [0.2, 0.25) is 0 Å². The number of carbonyl (C=O) groups is 1. The second-order valence-corrected chi connectivity index (χ2v) is 6.52. The molecule has 0 aliphatic rings. The number of methoxy groups -OCH3 is 1. The number of hydrogen-bond acceptors (Lipinski definition) is 7. The summed E-state index contributed by atoms with van der Waals surface area (Å²) in [5.74, 6) is -0.294. The first kappa shape index (κ1) is 19.6. The molecular weight excluding hydrogens is 388 g/mol. The Hall–Kier alpha value is -3.72. The van der Waals surface area contributed by atoms with E-state index in [1.54, 1.807) is 24.7 Å². The number of fused-ring (bicyclic) bond motifs is 1. The number of esters is 1. The van der Waals surface area contributed by atoms with Crippen LogP contribution in [0.4, 0.5) is 0 Å². The molecule has 9 heteroatoms. The Morgan fingerprint density at radius 1 is 1.27 bits per heavy atom. The van der Waals surface area contributed by atoms with Gasteiger partial charge in [-0.2, -0.15) is 9.61 Å². The van der Waals surface area contributed by atoms with Crippen molar-refractivity contribution >= 4 is 11.6 Å².